The van der Waals surface area contributed by atoms with Crippen molar-refractivity contribution in [2.24, 2.45) is 0 Å². The van der Waals surface area contributed by atoms with E-state index in [0.29, 0.717) is 5.78 Å². The molecule has 0 bridgehead atoms. The molecule has 0 N–H and O–H groups in total. The van der Waals surface area contributed by atoms with E-state index >= 15 is 0 Å². The van der Waals surface area contributed by atoms with E-state index in [2.05, 4.69) is 20.8 Å². The molecule has 0 fully saturated rings. The van der Waals surface area contributed by atoms with Gasteiger partial charge >= 0.3 is 0 Å². The molecule has 0 aromatic carbocycles. The van der Waals surface area contributed by atoms with E-state index in [0.717, 1.165) is 12.8 Å². The molecule has 0 aliphatic rings. The molecule has 0 unspecified atom stereocenters. The van der Waals surface area contributed by atoms with Crippen molar-refractivity contribution in [2.45, 2.75) is 106 Å². The van der Waals surface area contributed by atoms with Gasteiger partial charge < -0.3 is 9.28 Å². The predicted octanol–water partition coefficient (Wildman–Crippen LogP) is 6.38. The molecule has 0 aromatic rings. The lowest BCUT2D eigenvalue weighted by Crippen LogP contribution is -2.48. The monoisotopic (exact) mass is 328 g/mol. The Hall–Kier alpha value is -0.370. The fraction of sp³-hybridized carbons (Fsp3) is 0.952. The molecular formula is C21H46NO+. The van der Waals surface area contributed by atoms with Crippen LogP contribution in [-0.4, -0.2) is 36.4 Å². The van der Waals surface area contributed by atoms with Crippen LogP contribution < -0.4 is 0 Å². The molecule has 23 heavy (non-hydrogen) atoms. The van der Waals surface area contributed by atoms with Crippen molar-refractivity contribution in [1.29, 1.82) is 0 Å². The van der Waals surface area contributed by atoms with E-state index in [1.54, 1.807) is 6.92 Å². The largest absolute Gasteiger partial charge is 0.324 e. The number of carbonyl (C=O) groups excluding carboxylic acids is 1. The number of quaternary nitrogens is 1. The highest BCUT2D eigenvalue weighted by molar-refractivity contribution is 5.75. The summed E-state index contributed by atoms with van der Waals surface area (Å²) >= 11 is 0. The average Bonchev–Trinajstić information content (AvgIpc) is 2.58. The standard InChI is InChI=1S/C19H40NO.C2H6/c1-5-20(6-2,7-3)18-16-14-12-10-8-9-11-13-15-17-19(4)21;1-2/h5-18H2,1-4H3;1-2H3/q+1;. The van der Waals surface area contributed by atoms with Gasteiger partial charge in [-0.3, -0.25) is 0 Å². The lowest BCUT2D eigenvalue weighted by Gasteiger charge is -2.35. The number of hydrogen-bond acceptors (Lipinski definition) is 1. The molecule has 2 heteroatoms. The second kappa shape index (κ2) is 18.0. The molecule has 0 radical (unpaired) electrons. The summed E-state index contributed by atoms with van der Waals surface area (Å²) in [6, 6.07) is 0. The van der Waals surface area contributed by atoms with Gasteiger partial charge in [-0.25, -0.2) is 0 Å². The maximum atomic E-state index is 10.8. The van der Waals surface area contributed by atoms with Gasteiger partial charge in [0, 0.05) is 6.42 Å². The van der Waals surface area contributed by atoms with Crippen molar-refractivity contribution in [3.8, 4) is 0 Å². The number of Topliss-reactive ketones (excluding diaryl/α,β-unsaturated/α-hetero) is 1. The zero-order chi connectivity index (χ0) is 18.0. The second-order valence-corrected chi connectivity index (χ2v) is 6.65. The number of carbonyl (C=O) groups is 1. The zero-order valence-electron chi connectivity index (χ0n) is 17.3. The van der Waals surface area contributed by atoms with E-state index in [1.165, 1.54) is 82.0 Å². The molecular weight excluding hydrogens is 282 g/mol. The highest BCUT2D eigenvalue weighted by atomic mass is 16.1. The first-order valence-electron chi connectivity index (χ1n) is 10.4. The van der Waals surface area contributed by atoms with Crippen molar-refractivity contribution in [3.63, 3.8) is 0 Å². The Morgan fingerprint density at radius 1 is 0.652 bits per heavy atom. The van der Waals surface area contributed by atoms with Crippen LogP contribution in [0.3, 0.4) is 0 Å². The molecule has 0 spiro atoms. The quantitative estimate of drug-likeness (QED) is 0.252. The predicted molar refractivity (Wildman–Crippen MR) is 105 cm³/mol. The van der Waals surface area contributed by atoms with E-state index in [4.69, 9.17) is 0 Å². The molecule has 0 heterocycles. The van der Waals surface area contributed by atoms with E-state index in [9.17, 15) is 4.79 Å². The van der Waals surface area contributed by atoms with Crippen molar-refractivity contribution in [1.82, 2.24) is 0 Å². The normalized spacial score (nSPS) is 11.0. The first-order chi connectivity index (χ1) is 11.1. The number of unbranched alkanes of at least 4 members (excludes halogenated alkanes) is 8. The summed E-state index contributed by atoms with van der Waals surface area (Å²) in [5.41, 5.74) is 0. The SMILES string of the molecule is CC.CC[N+](CC)(CC)CCCCCCCCCCCC(C)=O. The number of nitrogens with zero attached hydrogens (tertiary/aromatic N) is 1. The van der Waals surface area contributed by atoms with Gasteiger partial charge in [-0.2, -0.15) is 0 Å². The minimum atomic E-state index is 0.343. The molecule has 140 valence electrons. The summed E-state index contributed by atoms with van der Waals surface area (Å²) in [5, 5.41) is 0. The minimum Gasteiger partial charge on any atom is -0.324 e. The lowest BCUT2D eigenvalue weighted by molar-refractivity contribution is -0.923. The first-order valence-corrected chi connectivity index (χ1v) is 10.4. The van der Waals surface area contributed by atoms with Crippen molar-refractivity contribution < 1.29 is 9.28 Å². The van der Waals surface area contributed by atoms with Crippen LogP contribution in [0.5, 0.6) is 0 Å². The summed E-state index contributed by atoms with van der Waals surface area (Å²) in [6.07, 6.45) is 12.8. The summed E-state index contributed by atoms with van der Waals surface area (Å²) in [5.74, 6) is 0.343. The molecule has 0 aromatic heterocycles. The van der Waals surface area contributed by atoms with Gasteiger partial charge in [0.15, 0.2) is 0 Å². The summed E-state index contributed by atoms with van der Waals surface area (Å²) in [4.78, 5) is 10.8. The molecule has 0 saturated heterocycles. The lowest BCUT2D eigenvalue weighted by atomic mass is 10.1. The maximum Gasteiger partial charge on any atom is 0.129 e. The summed E-state index contributed by atoms with van der Waals surface area (Å²) < 4.78 is 1.30. The first kappa shape index (κ1) is 24.9. The molecule has 0 saturated carbocycles. The Kier molecular flexibility index (Phi) is 19.4. The fourth-order valence-corrected chi connectivity index (χ4v) is 3.20. The molecule has 0 rings (SSSR count). The van der Waals surface area contributed by atoms with Crippen LogP contribution in [0, 0.1) is 0 Å². The summed E-state index contributed by atoms with van der Waals surface area (Å²) in [7, 11) is 0. The third-order valence-electron chi connectivity index (χ3n) is 5.17. The Morgan fingerprint density at radius 3 is 1.35 bits per heavy atom. The highest BCUT2D eigenvalue weighted by Crippen LogP contribution is 2.13. The minimum absolute atomic E-state index is 0.343. The Balaban J connectivity index is 0. The van der Waals surface area contributed by atoms with Crippen molar-refractivity contribution in [3.05, 3.63) is 0 Å². The topological polar surface area (TPSA) is 17.1 Å². The van der Waals surface area contributed by atoms with Gasteiger partial charge in [0.05, 0.1) is 26.2 Å². The number of rotatable bonds is 15. The van der Waals surface area contributed by atoms with Crippen LogP contribution >= 0.6 is 0 Å². The highest BCUT2D eigenvalue weighted by Gasteiger charge is 2.19. The van der Waals surface area contributed by atoms with Crippen LogP contribution in [0.1, 0.15) is 106 Å². The van der Waals surface area contributed by atoms with E-state index < -0.39 is 0 Å². The molecule has 0 atom stereocenters. The van der Waals surface area contributed by atoms with Crippen molar-refractivity contribution >= 4 is 5.78 Å². The fourth-order valence-electron chi connectivity index (χ4n) is 3.20. The van der Waals surface area contributed by atoms with Crippen LogP contribution in [0.2, 0.25) is 0 Å². The molecule has 0 aliphatic carbocycles. The Morgan fingerprint density at radius 2 is 1.00 bits per heavy atom. The van der Waals surface area contributed by atoms with Gasteiger partial charge in [-0.15, -0.1) is 0 Å². The van der Waals surface area contributed by atoms with Crippen LogP contribution in [0.15, 0.2) is 0 Å². The third kappa shape index (κ3) is 14.9. The van der Waals surface area contributed by atoms with Crippen LogP contribution in [-0.2, 0) is 4.79 Å². The maximum absolute atomic E-state index is 10.8. The zero-order valence-corrected chi connectivity index (χ0v) is 17.3. The van der Waals surface area contributed by atoms with Crippen molar-refractivity contribution in [2.75, 3.05) is 26.2 Å². The molecule has 0 amide bonds. The Labute approximate surface area is 147 Å². The molecule has 2 nitrogen and oxygen atoms in total. The summed E-state index contributed by atoms with van der Waals surface area (Å²) in [6.45, 7) is 17.9. The molecule has 0 aliphatic heterocycles. The third-order valence-corrected chi connectivity index (χ3v) is 5.17. The van der Waals surface area contributed by atoms with Gasteiger partial charge in [0.1, 0.15) is 5.78 Å². The number of ketones is 1. The van der Waals surface area contributed by atoms with Gasteiger partial charge in [-0.05, 0) is 47.0 Å². The van der Waals surface area contributed by atoms with Gasteiger partial charge in [-0.1, -0.05) is 52.4 Å². The second-order valence-electron chi connectivity index (χ2n) is 6.65. The van der Waals surface area contributed by atoms with Crippen LogP contribution in [0.25, 0.3) is 0 Å². The van der Waals surface area contributed by atoms with Gasteiger partial charge in [0.2, 0.25) is 0 Å². The van der Waals surface area contributed by atoms with Gasteiger partial charge in [0.25, 0.3) is 0 Å². The van der Waals surface area contributed by atoms with Crippen LogP contribution in [0.4, 0.5) is 0 Å². The number of hydrogen-bond donors (Lipinski definition) is 0. The van der Waals surface area contributed by atoms with E-state index in [1.807, 2.05) is 13.8 Å². The smallest absolute Gasteiger partial charge is 0.129 e. The Bertz CT molecular complexity index is 238. The van der Waals surface area contributed by atoms with E-state index in [-0.39, 0.29) is 0 Å². The average molecular weight is 329 g/mol.